The molecule has 6 nitrogen and oxygen atoms in total. The second kappa shape index (κ2) is 6.85. The zero-order valence-electron chi connectivity index (χ0n) is 13.5. The number of aromatic nitrogens is 3. The Balaban J connectivity index is 1.48. The average molecular weight is 364 g/mol. The maximum atomic E-state index is 12.2. The minimum atomic E-state index is -0.383. The Morgan fingerprint density at radius 1 is 1.15 bits per heavy atom. The molecule has 4 rings (SSSR count). The number of rotatable bonds is 4. The molecule has 0 atom stereocenters. The number of para-hydroxylation sites is 1. The Bertz CT molecular complexity index is 1110. The van der Waals surface area contributed by atoms with Crippen LogP contribution in [0, 0.1) is 0 Å². The first-order chi connectivity index (χ1) is 12.7. The lowest BCUT2D eigenvalue weighted by molar-refractivity contribution is 0.0950. The number of halogens is 1. The van der Waals surface area contributed by atoms with Crippen molar-refractivity contribution in [1.29, 1.82) is 0 Å². The number of carbonyl (C=O) groups excluding carboxylic acids is 1. The van der Waals surface area contributed by atoms with E-state index in [1.54, 1.807) is 18.3 Å². The number of hydrogen-bond acceptors (Lipinski definition) is 3. The van der Waals surface area contributed by atoms with Crippen LogP contribution in [0.3, 0.4) is 0 Å². The van der Waals surface area contributed by atoms with E-state index in [9.17, 15) is 4.79 Å². The first kappa shape index (κ1) is 16.1. The molecule has 0 saturated carbocycles. The Hall–Kier alpha value is -3.38. The quantitative estimate of drug-likeness (QED) is 0.378. The first-order valence-electron chi connectivity index (χ1n) is 7.92. The number of fused-ring (bicyclic) bond motifs is 1. The van der Waals surface area contributed by atoms with Gasteiger partial charge in [0, 0.05) is 28.2 Å². The standard InChI is InChI=1S/C19H14ClN5O/c20-15-7-3-1-6-14(15)17-9-18(24-23-17)19(26)25-22-11-12-10-21-16-8-4-2-5-13(12)16/h1-11,21H,(H,23,24)(H,25,26)/b22-11+. The maximum Gasteiger partial charge on any atom is 0.289 e. The molecular weight excluding hydrogens is 350 g/mol. The molecule has 0 aliphatic carbocycles. The summed E-state index contributed by atoms with van der Waals surface area (Å²) in [6.07, 6.45) is 3.44. The Labute approximate surface area is 153 Å². The van der Waals surface area contributed by atoms with Crippen molar-refractivity contribution in [2.75, 3.05) is 0 Å². The van der Waals surface area contributed by atoms with Gasteiger partial charge < -0.3 is 4.98 Å². The van der Waals surface area contributed by atoms with Gasteiger partial charge in [0.2, 0.25) is 0 Å². The molecule has 2 aromatic carbocycles. The summed E-state index contributed by atoms with van der Waals surface area (Å²) in [4.78, 5) is 15.4. The van der Waals surface area contributed by atoms with Crippen molar-refractivity contribution in [2.24, 2.45) is 5.10 Å². The molecule has 0 spiro atoms. The number of nitrogens with one attached hydrogen (secondary N) is 3. The van der Waals surface area contributed by atoms with Gasteiger partial charge in [0.25, 0.3) is 5.91 Å². The lowest BCUT2D eigenvalue weighted by atomic mass is 10.1. The fourth-order valence-corrected chi connectivity index (χ4v) is 2.90. The van der Waals surface area contributed by atoms with Crippen LogP contribution in [-0.4, -0.2) is 27.3 Å². The molecule has 128 valence electrons. The van der Waals surface area contributed by atoms with E-state index in [1.807, 2.05) is 48.7 Å². The molecule has 0 aliphatic rings. The van der Waals surface area contributed by atoms with Crippen LogP contribution < -0.4 is 5.43 Å². The van der Waals surface area contributed by atoms with E-state index in [-0.39, 0.29) is 5.91 Å². The molecule has 4 aromatic rings. The molecule has 7 heteroatoms. The lowest BCUT2D eigenvalue weighted by Gasteiger charge is -1.98. The Kier molecular flexibility index (Phi) is 4.25. The minimum Gasteiger partial charge on any atom is -0.361 e. The van der Waals surface area contributed by atoms with Crippen LogP contribution in [0.25, 0.3) is 22.2 Å². The van der Waals surface area contributed by atoms with E-state index in [0.29, 0.717) is 16.4 Å². The SMILES string of the molecule is O=C(N/N=C/c1c[nH]c2ccccc12)c1cc(-c2ccccc2Cl)n[nH]1. The van der Waals surface area contributed by atoms with Crippen molar-refractivity contribution in [2.45, 2.75) is 0 Å². The van der Waals surface area contributed by atoms with E-state index >= 15 is 0 Å². The predicted octanol–water partition coefficient (Wildman–Crippen LogP) is 3.98. The number of H-pyrrole nitrogens is 2. The molecule has 2 aromatic heterocycles. The molecule has 0 bridgehead atoms. The zero-order valence-corrected chi connectivity index (χ0v) is 14.3. The van der Waals surface area contributed by atoms with Crippen molar-refractivity contribution < 1.29 is 4.79 Å². The van der Waals surface area contributed by atoms with Crippen LogP contribution in [-0.2, 0) is 0 Å². The summed E-state index contributed by atoms with van der Waals surface area (Å²) < 4.78 is 0. The van der Waals surface area contributed by atoms with Gasteiger partial charge in [0.05, 0.1) is 16.9 Å². The van der Waals surface area contributed by atoms with E-state index < -0.39 is 0 Å². The highest BCUT2D eigenvalue weighted by molar-refractivity contribution is 6.33. The maximum absolute atomic E-state index is 12.2. The normalized spacial score (nSPS) is 11.3. The van der Waals surface area contributed by atoms with Crippen LogP contribution >= 0.6 is 11.6 Å². The average Bonchev–Trinajstić information content (AvgIpc) is 3.30. The van der Waals surface area contributed by atoms with Crippen molar-refractivity contribution in [3.63, 3.8) is 0 Å². The fraction of sp³-hybridized carbons (Fsp3) is 0. The van der Waals surface area contributed by atoms with Crippen molar-refractivity contribution >= 4 is 34.6 Å². The summed E-state index contributed by atoms with van der Waals surface area (Å²) in [5, 5.41) is 12.5. The predicted molar refractivity (Wildman–Crippen MR) is 102 cm³/mol. The third-order valence-electron chi connectivity index (χ3n) is 3.96. The summed E-state index contributed by atoms with van der Waals surface area (Å²) >= 11 is 6.16. The number of benzene rings is 2. The van der Waals surface area contributed by atoms with E-state index in [1.165, 1.54) is 0 Å². The van der Waals surface area contributed by atoms with Crippen LogP contribution in [0.1, 0.15) is 16.1 Å². The summed E-state index contributed by atoms with van der Waals surface area (Å²) in [6.45, 7) is 0. The molecule has 0 unspecified atom stereocenters. The van der Waals surface area contributed by atoms with Gasteiger partial charge >= 0.3 is 0 Å². The van der Waals surface area contributed by atoms with Gasteiger partial charge in [0.15, 0.2) is 0 Å². The Morgan fingerprint density at radius 3 is 2.85 bits per heavy atom. The third kappa shape index (κ3) is 3.10. The summed E-state index contributed by atoms with van der Waals surface area (Å²) in [7, 11) is 0. The van der Waals surface area contributed by atoms with Crippen molar-refractivity contribution in [3.05, 3.63) is 77.1 Å². The first-order valence-corrected chi connectivity index (χ1v) is 8.30. The molecule has 2 heterocycles. The minimum absolute atomic E-state index is 0.302. The summed E-state index contributed by atoms with van der Waals surface area (Å²) in [5.41, 5.74) is 6.05. The third-order valence-corrected chi connectivity index (χ3v) is 4.29. The molecule has 0 aliphatic heterocycles. The number of carbonyl (C=O) groups is 1. The van der Waals surface area contributed by atoms with E-state index in [4.69, 9.17) is 11.6 Å². The fourth-order valence-electron chi connectivity index (χ4n) is 2.67. The van der Waals surface area contributed by atoms with Crippen LogP contribution in [0.5, 0.6) is 0 Å². The topological polar surface area (TPSA) is 85.9 Å². The highest BCUT2D eigenvalue weighted by atomic mass is 35.5. The Morgan fingerprint density at radius 2 is 1.96 bits per heavy atom. The van der Waals surface area contributed by atoms with Crippen LogP contribution in [0.4, 0.5) is 0 Å². The van der Waals surface area contributed by atoms with Gasteiger partial charge in [-0.1, -0.05) is 48.0 Å². The van der Waals surface area contributed by atoms with E-state index in [0.717, 1.165) is 22.0 Å². The second-order valence-corrected chi connectivity index (χ2v) is 6.04. The highest BCUT2D eigenvalue weighted by Gasteiger charge is 2.12. The van der Waals surface area contributed by atoms with Gasteiger partial charge in [0.1, 0.15) is 5.69 Å². The molecule has 1 amide bonds. The van der Waals surface area contributed by atoms with Crippen molar-refractivity contribution in [3.8, 4) is 11.3 Å². The van der Waals surface area contributed by atoms with Gasteiger partial charge in [-0.3, -0.25) is 9.89 Å². The van der Waals surface area contributed by atoms with Gasteiger partial charge in [-0.25, -0.2) is 5.43 Å². The molecule has 3 N–H and O–H groups in total. The number of hydrazone groups is 1. The molecular formula is C19H14ClN5O. The zero-order chi connectivity index (χ0) is 17.9. The molecule has 0 radical (unpaired) electrons. The largest absolute Gasteiger partial charge is 0.361 e. The highest BCUT2D eigenvalue weighted by Crippen LogP contribution is 2.26. The lowest BCUT2D eigenvalue weighted by Crippen LogP contribution is -2.17. The molecule has 26 heavy (non-hydrogen) atoms. The van der Waals surface area contributed by atoms with E-state index in [2.05, 4.69) is 25.7 Å². The number of amides is 1. The number of aromatic amines is 2. The smallest absolute Gasteiger partial charge is 0.289 e. The molecule has 0 fully saturated rings. The van der Waals surface area contributed by atoms with Crippen LogP contribution in [0.15, 0.2) is 65.9 Å². The van der Waals surface area contributed by atoms with Crippen molar-refractivity contribution in [1.82, 2.24) is 20.6 Å². The molecule has 0 saturated heterocycles. The number of nitrogens with zero attached hydrogens (tertiary/aromatic N) is 2. The van der Waals surface area contributed by atoms with Crippen LogP contribution in [0.2, 0.25) is 5.02 Å². The van der Waals surface area contributed by atoms with Gasteiger partial charge in [-0.2, -0.15) is 10.2 Å². The number of hydrogen-bond donors (Lipinski definition) is 3. The summed E-state index contributed by atoms with van der Waals surface area (Å²) in [6, 6.07) is 16.8. The second-order valence-electron chi connectivity index (χ2n) is 5.64. The van der Waals surface area contributed by atoms with Gasteiger partial charge in [-0.05, 0) is 18.2 Å². The van der Waals surface area contributed by atoms with Gasteiger partial charge in [-0.15, -0.1) is 0 Å². The monoisotopic (exact) mass is 363 g/mol. The summed E-state index contributed by atoms with van der Waals surface area (Å²) in [5.74, 6) is -0.383.